The Bertz CT molecular complexity index is 116. The van der Waals surface area contributed by atoms with Crippen LogP contribution in [-0.2, 0) is 9.53 Å². The molecule has 66 valence electrons. The van der Waals surface area contributed by atoms with Crippen LogP contribution in [0.1, 0.15) is 13.8 Å². The van der Waals surface area contributed by atoms with E-state index in [1.807, 2.05) is 13.8 Å². The second kappa shape index (κ2) is 6.12. The maximum Gasteiger partial charge on any atom is 0.317 e. The van der Waals surface area contributed by atoms with Gasteiger partial charge in [0.15, 0.2) is 0 Å². The lowest BCUT2D eigenvalue weighted by Crippen LogP contribution is -2.34. The van der Waals surface area contributed by atoms with E-state index in [2.05, 4.69) is 5.32 Å². The Morgan fingerprint density at radius 3 is 2.82 bits per heavy atom. The molecular weight excluding hydrogens is 146 g/mol. The number of hydrogen-bond acceptors (Lipinski definition) is 3. The molecule has 0 aliphatic carbocycles. The molecule has 1 atom stereocenters. The standard InChI is InChI=1S/C7H15NO3/c1-3-11-5-6(2)8-4-7(9)10/h6,8H,3-5H2,1-2H3,(H,9,10). The van der Waals surface area contributed by atoms with Crippen molar-refractivity contribution < 1.29 is 14.6 Å². The van der Waals surface area contributed by atoms with Gasteiger partial charge in [-0.3, -0.25) is 4.79 Å². The zero-order valence-corrected chi connectivity index (χ0v) is 6.96. The van der Waals surface area contributed by atoms with E-state index >= 15 is 0 Å². The Morgan fingerprint density at radius 1 is 1.73 bits per heavy atom. The number of hydrogen-bond donors (Lipinski definition) is 2. The zero-order chi connectivity index (χ0) is 8.69. The monoisotopic (exact) mass is 161 g/mol. The molecule has 2 N–H and O–H groups in total. The molecule has 0 bridgehead atoms. The van der Waals surface area contributed by atoms with Gasteiger partial charge in [-0.25, -0.2) is 0 Å². The molecule has 0 radical (unpaired) electrons. The van der Waals surface area contributed by atoms with E-state index in [9.17, 15) is 4.79 Å². The van der Waals surface area contributed by atoms with Gasteiger partial charge in [0.1, 0.15) is 0 Å². The first-order valence-electron chi connectivity index (χ1n) is 3.69. The summed E-state index contributed by atoms with van der Waals surface area (Å²) in [6, 6.07) is 0.103. The summed E-state index contributed by atoms with van der Waals surface area (Å²) in [5.74, 6) is -0.839. The van der Waals surface area contributed by atoms with Gasteiger partial charge in [-0.2, -0.15) is 0 Å². The Balaban J connectivity index is 3.22. The van der Waals surface area contributed by atoms with Gasteiger partial charge in [0.05, 0.1) is 13.2 Å². The minimum atomic E-state index is -0.839. The molecule has 0 fully saturated rings. The smallest absolute Gasteiger partial charge is 0.317 e. The van der Waals surface area contributed by atoms with Gasteiger partial charge in [-0.1, -0.05) is 0 Å². The largest absolute Gasteiger partial charge is 0.480 e. The minimum absolute atomic E-state index is 0.00571. The van der Waals surface area contributed by atoms with Crippen molar-refractivity contribution >= 4 is 5.97 Å². The molecule has 0 aromatic carbocycles. The molecule has 0 amide bonds. The van der Waals surface area contributed by atoms with Crippen LogP contribution >= 0.6 is 0 Å². The molecule has 0 aromatic heterocycles. The highest BCUT2D eigenvalue weighted by atomic mass is 16.5. The maximum atomic E-state index is 10.1. The van der Waals surface area contributed by atoms with E-state index < -0.39 is 5.97 Å². The van der Waals surface area contributed by atoms with E-state index in [-0.39, 0.29) is 12.6 Å². The topological polar surface area (TPSA) is 58.6 Å². The van der Waals surface area contributed by atoms with Crippen LogP contribution in [-0.4, -0.2) is 36.9 Å². The summed E-state index contributed by atoms with van der Waals surface area (Å²) in [6.45, 7) is 5.01. The fourth-order valence-corrected chi connectivity index (χ4v) is 0.615. The molecular formula is C7H15NO3. The first-order valence-corrected chi connectivity index (χ1v) is 3.69. The molecule has 0 aromatic rings. The van der Waals surface area contributed by atoms with Crippen molar-refractivity contribution in [2.75, 3.05) is 19.8 Å². The van der Waals surface area contributed by atoms with Gasteiger partial charge >= 0.3 is 5.97 Å². The average Bonchev–Trinajstić information content (AvgIpc) is 1.97. The van der Waals surface area contributed by atoms with Gasteiger partial charge in [-0.05, 0) is 13.8 Å². The molecule has 0 spiro atoms. The van der Waals surface area contributed by atoms with Crippen LogP contribution < -0.4 is 5.32 Å². The molecule has 0 rings (SSSR count). The highest BCUT2D eigenvalue weighted by Crippen LogP contribution is 1.82. The predicted octanol–water partition coefficient (Wildman–Crippen LogP) is 0.0856. The first-order chi connectivity index (χ1) is 5.16. The molecule has 0 aliphatic heterocycles. The lowest BCUT2D eigenvalue weighted by atomic mass is 10.3. The molecule has 4 heteroatoms. The van der Waals surface area contributed by atoms with Crippen LogP contribution in [0.5, 0.6) is 0 Å². The fraction of sp³-hybridized carbons (Fsp3) is 0.857. The molecule has 1 unspecified atom stereocenters. The molecule has 0 saturated heterocycles. The summed E-state index contributed by atoms with van der Waals surface area (Å²) in [7, 11) is 0. The van der Waals surface area contributed by atoms with Crippen molar-refractivity contribution in [2.24, 2.45) is 0 Å². The number of carbonyl (C=O) groups is 1. The Hall–Kier alpha value is -0.610. The summed E-state index contributed by atoms with van der Waals surface area (Å²) in [6.07, 6.45) is 0. The zero-order valence-electron chi connectivity index (χ0n) is 6.96. The van der Waals surface area contributed by atoms with Crippen LogP contribution in [0.15, 0.2) is 0 Å². The number of rotatable bonds is 6. The Labute approximate surface area is 66.5 Å². The highest BCUT2D eigenvalue weighted by molar-refractivity contribution is 5.69. The molecule has 0 heterocycles. The number of carboxylic acid groups (broad SMARTS) is 1. The number of nitrogens with one attached hydrogen (secondary N) is 1. The summed E-state index contributed by atoms with van der Waals surface area (Å²) < 4.78 is 5.07. The van der Waals surface area contributed by atoms with Crippen molar-refractivity contribution in [1.82, 2.24) is 5.32 Å². The van der Waals surface area contributed by atoms with Crippen LogP contribution in [0.2, 0.25) is 0 Å². The summed E-state index contributed by atoms with van der Waals surface area (Å²) >= 11 is 0. The highest BCUT2D eigenvalue weighted by Gasteiger charge is 2.02. The van der Waals surface area contributed by atoms with E-state index in [1.54, 1.807) is 0 Å². The predicted molar refractivity (Wildman–Crippen MR) is 41.6 cm³/mol. The van der Waals surface area contributed by atoms with Gasteiger partial charge in [0.25, 0.3) is 0 Å². The molecule has 0 saturated carbocycles. The van der Waals surface area contributed by atoms with Crippen molar-refractivity contribution in [3.8, 4) is 0 Å². The maximum absolute atomic E-state index is 10.1. The Kier molecular flexibility index (Phi) is 5.78. The third-order valence-electron chi connectivity index (χ3n) is 1.17. The van der Waals surface area contributed by atoms with Crippen molar-refractivity contribution in [3.63, 3.8) is 0 Å². The van der Waals surface area contributed by atoms with Crippen LogP contribution in [0, 0.1) is 0 Å². The van der Waals surface area contributed by atoms with Gasteiger partial charge in [0.2, 0.25) is 0 Å². The number of aliphatic carboxylic acids is 1. The number of carboxylic acids is 1. The number of ether oxygens (including phenoxy) is 1. The lowest BCUT2D eigenvalue weighted by molar-refractivity contribution is -0.136. The first kappa shape index (κ1) is 10.4. The third kappa shape index (κ3) is 7.29. The van der Waals surface area contributed by atoms with Gasteiger partial charge in [0, 0.05) is 12.6 Å². The normalized spacial score (nSPS) is 12.9. The van der Waals surface area contributed by atoms with Crippen molar-refractivity contribution in [3.05, 3.63) is 0 Å². The van der Waals surface area contributed by atoms with E-state index in [0.717, 1.165) is 0 Å². The lowest BCUT2D eigenvalue weighted by Gasteiger charge is -2.10. The van der Waals surface area contributed by atoms with Crippen molar-refractivity contribution in [2.45, 2.75) is 19.9 Å². The molecule has 0 aliphatic rings. The second-order valence-electron chi connectivity index (χ2n) is 2.34. The molecule has 11 heavy (non-hydrogen) atoms. The van der Waals surface area contributed by atoms with Crippen LogP contribution in [0.3, 0.4) is 0 Å². The summed E-state index contributed by atoms with van der Waals surface area (Å²) in [4.78, 5) is 10.1. The van der Waals surface area contributed by atoms with Crippen LogP contribution in [0.25, 0.3) is 0 Å². The van der Waals surface area contributed by atoms with Gasteiger partial charge in [-0.15, -0.1) is 0 Å². The third-order valence-corrected chi connectivity index (χ3v) is 1.17. The summed E-state index contributed by atoms with van der Waals surface area (Å²) in [5.41, 5.74) is 0. The van der Waals surface area contributed by atoms with Crippen molar-refractivity contribution in [1.29, 1.82) is 0 Å². The minimum Gasteiger partial charge on any atom is -0.480 e. The quantitative estimate of drug-likeness (QED) is 0.579. The van der Waals surface area contributed by atoms with Gasteiger partial charge < -0.3 is 15.2 Å². The average molecular weight is 161 g/mol. The SMILES string of the molecule is CCOCC(C)NCC(=O)O. The Morgan fingerprint density at radius 2 is 2.36 bits per heavy atom. The van der Waals surface area contributed by atoms with E-state index in [1.165, 1.54) is 0 Å². The molecule has 4 nitrogen and oxygen atoms in total. The second-order valence-corrected chi connectivity index (χ2v) is 2.34. The van der Waals surface area contributed by atoms with E-state index in [0.29, 0.717) is 13.2 Å². The fourth-order valence-electron chi connectivity index (χ4n) is 0.615. The van der Waals surface area contributed by atoms with E-state index in [4.69, 9.17) is 9.84 Å². The summed E-state index contributed by atoms with van der Waals surface area (Å²) in [5, 5.41) is 11.1. The van der Waals surface area contributed by atoms with Crippen LogP contribution in [0.4, 0.5) is 0 Å².